The minimum atomic E-state index is -1.23. The van der Waals surface area contributed by atoms with Crippen molar-refractivity contribution >= 4 is 47.8 Å². The highest BCUT2D eigenvalue weighted by atomic mass is 19.1. The lowest BCUT2D eigenvalue weighted by atomic mass is 10.0. The SMILES string of the molecule is CC(C)Cc1ccc(C(=O)O)cc1.CC(C)Cc1nn[nH]n1.CC(C)c1ccc(C(=O)O)c(F)c1.CC(C)c1ccc(C(=O)O)cc1.CC(C)c1ccc(C(=O)O)cc1F.CC(C)c1ccc(C(=O)O)nc1.CC(C)c1ccc(CC(=O)O)cc1.CC(C)c1cccc(C(=O)O)c1.COc1cc(C(=O)O)ccc1C(C)C. The molecule has 0 aliphatic rings. The number of benzene rings is 7. The van der Waals surface area contributed by atoms with Crippen LogP contribution in [0.4, 0.5) is 8.78 Å². The molecule has 0 aliphatic carbocycles. The summed E-state index contributed by atoms with van der Waals surface area (Å²) in [6.45, 7) is 36.7. The average Bonchev–Trinajstić information content (AvgIpc) is 0.884. The van der Waals surface area contributed by atoms with Crippen molar-refractivity contribution in [1.82, 2.24) is 25.6 Å². The first kappa shape index (κ1) is 97.2. The maximum Gasteiger partial charge on any atom is 0.354 e. The molecule has 0 fully saturated rings. The van der Waals surface area contributed by atoms with Crippen molar-refractivity contribution in [3.8, 4) is 5.75 Å². The van der Waals surface area contributed by atoms with Crippen LogP contribution in [0.5, 0.6) is 5.75 Å². The normalized spacial score (nSPS) is 10.4. The summed E-state index contributed by atoms with van der Waals surface area (Å²) in [6, 6.07) is 45.3. The Morgan fingerprint density at radius 3 is 1.15 bits per heavy atom. The number of H-pyrrole nitrogens is 1. The summed E-state index contributed by atoms with van der Waals surface area (Å²) >= 11 is 0. The molecular formula is C87H109F2N5O17. The van der Waals surface area contributed by atoms with Gasteiger partial charge in [-0.3, -0.25) is 4.79 Å². The van der Waals surface area contributed by atoms with Gasteiger partial charge in [0.15, 0.2) is 5.82 Å². The standard InChI is InChI=1S/C11H14O3.2C11H14O2.2C10H11FO2.2C10H12O2.C9H11NO2.C5H10N4/c1-7(2)9-5-4-8(11(12)13)6-10(9)14-3;1-8(2)10-5-3-9(4-6-10)7-11(12)13;1-8(2)7-9-3-5-10(6-4-9)11(12)13;1-6(2)8-4-3-7(10(12)13)5-9(8)11;1-6(2)7-3-4-8(10(12)13)9(11)5-7;1-7(2)8-3-5-9(6-4-8)10(11)12;1-7(2)8-4-3-5-9(6-8)10(11)12;1-6(2)7-3-4-8(9(11)12)10-5-7;1-4(2)3-5-6-8-9-7-5/h4-7H,1-3H3,(H,12,13);2*3-6,8H,7H2,1-2H3,(H,12,13);2*3-6H,1-2H3,(H,12,13);2*3-7H,1-2H3,(H,11,12);3-6H,1-2H3,(H,11,12);4H,3H2,1-2H3,(H,6,7,8,9). The number of nitrogens with zero attached hydrogens (tertiary/aromatic N) is 4. The Morgan fingerprint density at radius 2 is 0.784 bits per heavy atom. The first-order chi connectivity index (χ1) is 51.9. The zero-order valence-corrected chi connectivity index (χ0v) is 66.8. The summed E-state index contributed by atoms with van der Waals surface area (Å²) in [7, 11) is 1.55. The van der Waals surface area contributed by atoms with Crippen molar-refractivity contribution in [2.45, 2.75) is 185 Å². The van der Waals surface area contributed by atoms with E-state index in [9.17, 15) is 47.1 Å². The predicted octanol–water partition coefficient (Wildman–Crippen LogP) is 20.1. The highest BCUT2D eigenvalue weighted by Gasteiger charge is 2.15. The molecule has 2 aromatic heterocycles. The second-order valence-corrected chi connectivity index (χ2v) is 28.4. The lowest BCUT2D eigenvalue weighted by Crippen LogP contribution is -2.01. The van der Waals surface area contributed by atoms with Crippen LogP contribution < -0.4 is 4.74 Å². The number of ether oxygens (including phenoxy) is 1. The molecule has 0 saturated heterocycles. The van der Waals surface area contributed by atoms with Crippen LogP contribution in [0.1, 0.15) is 295 Å². The van der Waals surface area contributed by atoms with Gasteiger partial charge in [-0.15, -0.1) is 10.2 Å². The highest BCUT2D eigenvalue weighted by molar-refractivity contribution is 5.90. The van der Waals surface area contributed by atoms with Crippen molar-refractivity contribution in [3.05, 3.63) is 277 Å². The number of aromatic amines is 1. The molecule has 9 N–H and O–H groups in total. The molecule has 598 valence electrons. The van der Waals surface area contributed by atoms with Gasteiger partial charge in [-0.05, 0) is 189 Å². The monoisotopic (exact) mass is 1530 g/mol. The Balaban J connectivity index is 0.000000625. The van der Waals surface area contributed by atoms with Crippen LogP contribution in [0.3, 0.4) is 0 Å². The number of carbonyl (C=O) groups is 8. The fraction of sp³-hybridized carbons (Fsp3) is 0.356. The molecule has 111 heavy (non-hydrogen) atoms. The molecular weight excluding hydrogens is 1420 g/mol. The summed E-state index contributed by atoms with van der Waals surface area (Å²) < 4.78 is 31.4. The lowest BCUT2D eigenvalue weighted by molar-refractivity contribution is -0.136. The number of pyridine rings is 1. The molecule has 0 atom stereocenters. The Kier molecular flexibility index (Phi) is 43.8. The van der Waals surface area contributed by atoms with Gasteiger partial charge in [0.2, 0.25) is 0 Å². The van der Waals surface area contributed by atoms with E-state index in [1.54, 1.807) is 86.1 Å². The third kappa shape index (κ3) is 38.2. The molecule has 7 aromatic carbocycles. The van der Waals surface area contributed by atoms with Gasteiger partial charge < -0.3 is 45.6 Å². The largest absolute Gasteiger partial charge is 0.496 e. The average molecular weight is 1530 g/mol. The summed E-state index contributed by atoms with van der Waals surface area (Å²) in [6.07, 6.45) is 3.61. The van der Waals surface area contributed by atoms with E-state index in [4.69, 9.17) is 45.6 Å². The van der Waals surface area contributed by atoms with Gasteiger partial charge in [0.1, 0.15) is 23.1 Å². The van der Waals surface area contributed by atoms with Crippen molar-refractivity contribution in [2.75, 3.05) is 7.11 Å². The van der Waals surface area contributed by atoms with Crippen LogP contribution in [0.2, 0.25) is 0 Å². The van der Waals surface area contributed by atoms with Crippen molar-refractivity contribution in [3.63, 3.8) is 0 Å². The molecule has 0 spiro atoms. The van der Waals surface area contributed by atoms with Crippen LogP contribution in [0.15, 0.2) is 170 Å². The van der Waals surface area contributed by atoms with E-state index in [1.807, 2.05) is 124 Å². The zero-order valence-electron chi connectivity index (χ0n) is 66.8. The first-order valence-corrected chi connectivity index (χ1v) is 36.1. The first-order valence-electron chi connectivity index (χ1n) is 36.1. The summed E-state index contributed by atoms with van der Waals surface area (Å²) in [5.41, 5.74) is 10.1. The molecule has 0 radical (unpaired) electrons. The van der Waals surface area contributed by atoms with Gasteiger partial charge in [-0.1, -0.05) is 215 Å². The maximum atomic E-state index is 13.2. The minimum Gasteiger partial charge on any atom is -0.496 e. The molecule has 0 saturated carbocycles. The number of aromatic nitrogens is 5. The zero-order chi connectivity index (χ0) is 84.5. The van der Waals surface area contributed by atoms with E-state index in [1.165, 1.54) is 47.0 Å². The van der Waals surface area contributed by atoms with Crippen LogP contribution in [0, 0.1) is 23.5 Å². The molecule has 0 amide bonds. The number of hydrogen-bond donors (Lipinski definition) is 9. The van der Waals surface area contributed by atoms with E-state index < -0.39 is 59.4 Å². The fourth-order valence-corrected chi connectivity index (χ4v) is 9.51. The third-order valence-electron chi connectivity index (χ3n) is 16.0. The Labute approximate surface area is 649 Å². The summed E-state index contributed by atoms with van der Waals surface area (Å²) in [5, 5.41) is 82.4. The Morgan fingerprint density at radius 1 is 0.378 bits per heavy atom. The maximum absolute atomic E-state index is 13.2. The predicted molar refractivity (Wildman–Crippen MR) is 426 cm³/mol. The van der Waals surface area contributed by atoms with E-state index >= 15 is 0 Å². The highest BCUT2D eigenvalue weighted by Crippen LogP contribution is 2.28. The number of aromatic carboxylic acids is 7. The van der Waals surface area contributed by atoms with Gasteiger partial charge in [-0.2, -0.15) is 5.21 Å². The van der Waals surface area contributed by atoms with E-state index in [-0.39, 0.29) is 40.6 Å². The number of halogens is 2. The van der Waals surface area contributed by atoms with Crippen LogP contribution in [-0.4, -0.2) is 121 Å². The number of carboxylic acid groups (broad SMARTS) is 8. The number of methoxy groups -OCH3 is 1. The van der Waals surface area contributed by atoms with Crippen molar-refractivity contribution < 1.29 is 92.7 Å². The molecule has 9 aromatic rings. The van der Waals surface area contributed by atoms with E-state index in [0.717, 1.165) is 52.5 Å². The number of tetrazole rings is 1. The van der Waals surface area contributed by atoms with Crippen molar-refractivity contribution in [2.24, 2.45) is 11.8 Å². The lowest BCUT2D eigenvalue weighted by Gasteiger charge is -2.11. The number of carboxylic acids is 8. The fourth-order valence-electron chi connectivity index (χ4n) is 9.51. The number of hydrogen-bond acceptors (Lipinski definition) is 13. The summed E-state index contributed by atoms with van der Waals surface area (Å²) in [4.78, 5) is 87.8. The van der Waals surface area contributed by atoms with Gasteiger partial charge in [-0.25, -0.2) is 47.3 Å². The summed E-state index contributed by atoms with van der Waals surface area (Å²) in [5.74, 6) is -3.77. The van der Waals surface area contributed by atoms with E-state index in [2.05, 4.69) is 81.0 Å². The van der Waals surface area contributed by atoms with Gasteiger partial charge >= 0.3 is 47.8 Å². The molecule has 9 rings (SSSR count). The molecule has 22 nitrogen and oxygen atoms in total. The topological polar surface area (TPSA) is 375 Å². The quantitative estimate of drug-likeness (QED) is 0.0323. The smallest absolute Gasteiger partial charge is 0.354 e. The second-order valence-electron chi connectivity index (χ2n) is 28.4. The van der Waals surface area contributed by atoms with Gasteiger partial charge in [0.05, 0.1) is 46.9 Å². The molecule has 0 unspecified atom stereocenters. The van der Waals surface area contributed by atoms with Gasteiger partial charge in [0, 0.05) is 12.6 Å². The number of nitrogens with one attached hydrogen (secondary N) is 1. The second kappa shape index (κ2) is 50.0. The molecule has 0 bridgehead atoms. The number of rotatable bonds is 21. The van der Waals surface area contributed by atoms with Crippen molar-refractivity contribution in [1.29, 1.82) is 0 Å². The van der Waals surface area contributed by atoms with E-state index in [0.29, 0.717) is 69.4 Å². The van der Waals surface area contributed by atoms with Crippen LogP contribution >= 0.6 is 0 Å². The van der Waals surface area contributed by atoms with Gasteiger partial charge in [0.25, 0.3) is 0 Å². The Hall–Kier alpha value is -11.8. The van der Waals surface area contributed by atoms with Crippen LogP contribution in [0.25, 0.3) is 0 Å². The minimum absolute atomic E-state index is 0.0121. The van der Waals surface area contributed by atoms with Crippen LogP contribution in [-0.2, 0) is 24.1 Å². The Bertz CT molecular complexity index is 4290. The number of aliphatic carboxylic acids is 1. The molecule has 0 aliphatic heterocycles. The third-order valence-corrected chi connectivity index (χ3v) is 16.0. The molecule has 2 heterocycles. The molecule has 24 heteroatoms.